The van der Waals surface area contributed by atoms with Gasteiger partial charge in [0.2, 0.25) is 17.7 Å². The fraction of sp³-hybridized carbons (Fsp3) is 0.278. The molecular formula is C18H16F3N3O3S. The molecule has 0 atom stereocenters. The number of ether oxygens (including phenoxy) is 1. The molecule has 10 heteroatoms. The first kappa shape index (κ1) is 19.9. The summed E-state index contributed by atoms with van der Waals surface area (Å²) in [6, 6.07) is 8.00. The second-order valence-corrected chi connectivity index (χ2v) is 6.62. The molecule has 148 valence electrons. The van der Waals surface area contributed by atoms with Crippen LogP contribution in [0.5, 0.6) is 5.75 Å². The van der Waals surface area contributed by atoms with Crippen molar-refractivity contribution in [1.29, 1.82) is 0 Å². The number of nitrogens with one attached hydrogen (secondary N) is 1. The molecule has 1 N–H and O–H groups in total. The summed E-state index contributed by atoms with van der Waals surface area (Å²) in [5.74, 6) is 0.624. The number of aryl methyl sites for hydroxylation is 1. The Hall–Kier alpha value is -2.88. The predicted molar refractivity (Wildman–Crippen MR) is 95.8 cm³/mol. The van der Waals surface area contributed by atoms with Crippen LogP contribution in [0.1, 0.15) is 17.9 Å². The van der Waals surface area contributed by atoms with Gasteiger partial charge in [-0.25, -0.2) is 0 Å². The van der Waals surface area contributed by atoms with Crippen LogP contribution in [-0.2, 0) is 17.8 Å². The Kier molecular flexibility index (Phi) is 6.30. The number of carbonyl (C=O) groups is 1. The molecule has 6 nitrogen and oxygen atoms in total. The van der Waals surface area contributed by atoms with Gasteiger partial charge in [-0.3, -0.25) is 4.79 Å². The summed E-state index contributed by atoms with van der Waals surface area (Å²) in [5.41, 5.74) is 1.46. The zero-order valence-electron chi connectivity index (χ0n) is 14.5. The fourth-order valence-corrected chi connectivity index (χ4v) is 2.91. The fourth-order valence-electron chi connectivity index (χ4n) is 2.28. The average molecular weight is 411 g/mol. The maximum Gasteiger partial charge on any atom is 0.422 e. The van der Waals surface area contributed by atoms with E-state index in [0.717, 1.165) is 5.56 Å². The van der Waals surface area contributed by atoms with E-state index in [1.165, 1.54) is 23.5 Å². The third-order valence-electron chi connectivity index (χ3n) is 3.59. The van der Waals surface area contributed by atoms with Gasteiger partial charge < -0.3 is 14.5 Å². The number of nitrogens with zero attached hydrogens (tertiary/aromatic N) is 2. The van der Waals surface area contributed by atoms with Gasteiger partial charge in [0.05, 0.1) is 0 Å². The van der Waals surface area contributed by atoms with E-state index in [1.54, 1.807) is 12.1 Å². The first-order valence-electron chi connectivity index (χ1n) is 8.29. The van der Waals surface area contributed by atoms with Gasteiger partial charge in [0.1, 0.15) is 5.75 Å². The molecule has 2 aromatic heterocycles. The molecule has 3 rings (SSSR count). The molecule has 0 aliphatic carbocycles. The number of benzene rings is 1. The molecule has 1 amide bonds. The summed E-state index contributed by atoms with van der Waals surface area (Å²) in [5, 5.41) is 14.3. The third-order valence-corrected chi connectivity index (χ3v) is 4.27. The van der Waals surface area contributed by atoms with E-state index in [4.69, 9.17) is 9.15 Å². The van der Waals surface area contributed by atoms with E-state index in [1.807, 2.05) is 16.8 Å². The SMILES string of the molecule is O=C(CCc1nnc(-c2ccsc2)o1)NCc1cccc(OCC(F)(F)F)c1. The van der Waals surface area contributed by atoms with E-state index >= 15 is 0 Å². The Bertz CT molecular complexity index is 910. The lowest BCUT2D eigenvalue weighted by Gasteiger charge is -2.10. The Balaban J connectivity index is 1.44. The summed E-state index contributed by atoms with van der Waals surface area (Å²) in [4.78, 5) is 12.0. The molecule has 0 aliphatic rings. The van der Waals surface area contributed by atoms with Crippen LogP contribution in [0.15, 0.2) is 45.5 Å². The van der Waals surface area contributed by atoms with Crippen LogP contribution in [-0.4, -0.2) is 28.9 Å². The smallest absolute Gasteiger partial charge is 0.422 e. The normalized spacial score (nSPS) is 11.4. The van der Waals surface area contributed by atoms with Gasteiger partial charge in [0, 0.05) is 30.3 Å². The van der Waals surface area contributed by atoms with Crippen molar-refractivity contribution < 1.29 is 27.1 Å². The molecule has 0 spiro atoms. The van der Waals surface area contributed by atoms with Gasteiger partial charge in [0.15, 0.2) is 6.61 Å². The molecule has 28 heavy (non-hydrogen) atoms. The predicted octanol–water partition coefficient (Wildman–Crippen LogP) is 3.99. The van der Waals surface area contributed by atoms with E-state index in [-0.39, 0.29) is 31.0 Å². The number of thiophene rings is 1. The van der Waals surface area contributed by atoms with Gasteiger partial charge in [-0.15, -0.1) is 10.2 Å². The molecule has 0 saturated heterocycles. The van der Waals surface area contributed by atoms with Gasteiger partial charge in [-0.1, -0.05) is 12.1 Å². The summed E-state index contributed by atoms with van der Waals surface area (Å²) >= 11 is 1.52. The first-order chi connectivity index (χ1) is 13.4. The second kappa shape index (κ2) is 8.87. The first-order valence-corrected chi connectivity index (χ1v) is 9.23. The molecule has 0 aliphatic heterocycles. The standard InChI is InChI=1S/C18H16F3N3O3S/c19-18(20,21)11-26-14-3-1-2-12(8-14)9-22-15(25)4-5-16-23-24-17(27-16)13-6-7-28-10-13/h1-3,6-8,10H,4-5,9,11H2,(H,22,25). The minimum Gasteiger partial charge on any atom is -0.484 e. The summed E-state index contributed by atoms with van der Waals surface area (Å²) in [6.07, 6.45) is -3.96. The molecule has 0 radical (unpaired) electrons. The minimum absolute atomic E-state index is 0.0934. The molecule has 2 heterocycles. The molecule has 0 unspecified atom stereocenters. The van der Waals surface area contributed by atoms with Crippen LogP contribution in [0.3, 0.4) is 0 Å². The highest BCUT2D eigenvalue weighted by Gasteiger charge is 2.28. The lowest BCUT2D eigenvalue weighted by Crippen LogP contribution is -2.23. The van der Waals surface area contributed by atoms with Gasteiger partial charge in [0.25, 0.3) is 0 Å². The number of aromatic nitrogens is 2. The van der Waals surface area contributed by atoms with Crippen LogP contribution in [0.2, 0.25) is 0 Å². The maximum absolute atomic E-state index is 12.2. The molecule has 3 aromatic rings. The quantitative estimate of drug-likeness (QED) is 0.607. The summed E-state index contributed by atoms with van der Waals surface area (Å²) in [7, 11) is 0. The van der Waals surface area contributed by atoms with Crippen LogP contribution in [0, 0.1) is 0 Å². The summed E-state index contributed by atoms with van der Waals surface area (Å²) in [6.45, 7) is -1.19. The van der Waals surface area contributed by atoms with Crippen molar-refractivity contribution in [1.82, 2.24) is 15.5 Å². The third kappa shape index (κ3) is 6.08. The summed E-state index contributed by atoms with van der Waals surface area (Å²) < 4.78 is 46.8. The molecule has 1 aromatic carbocycles. The topological polar surface area (TPSA) is 77.2 Å². The maximum atomic E-state index is 12.2. The Labute approximate surface area is 162 Å². The second-order valence-electron chi connectivity index (χ2n) is 5.84. The van der Waals surface area contributed by atoms with Crippen LogP contribution < -0.4 is 10.1 Å². The van der Waals surface area contributed by atoms with Gasteiger partial charge >= 0.3 is 6.18 Å². The lowest BCUT2D eigenvalue weighted by molar-refractivity contribution is -0.153. The largest absolute Gasteiger partial charge is 0.484 e. The van der Waals surface area contributed by atoms with E-state index in [9.17, 15) is 18.0 Å². The number of halogens is 3. The lowest BCUT2D eigenvalue weighted by atomic mass is 10.2. The van der Waals surface area contributed by atoms with Gasteiger partial charge in [-0.05, 0) is 29.1 Å². The van der Waals surface area contributed by atoms with E-state index in [0.29, 0.717) is 17.3 Å². The number of amides is 1. The number of carbonyl (C=O) groups excluding carboxylic acids is 1. The highest BCUT2D eigenvalue weighted by Crippen LogP contribution is 2.21. The number of rotatable bonds is 8. The molecule has 0 saturated carbocycles. The number of alkyl halides is 3. The zero-order chi connectivity index (χ0) is 20.0. The van der Waals surface area contributed by atoms with E-state index in [2.05, 4.69) is 15.5 Å². The average Bonchev–Trinajstić information content (AvgIpc) is 3.34. The highest BCUT2D eigenvalue weighted by atomic mass is 32.1. The molecule has 0 bridgehead atoms. The Morgan fingerprint density at radius 1 is 1.25 bits per heavy atom. The number of hydrogen-bond acceptors (Lipinski definition) is 6. The van der Waals surface area contributed by atoms with Crippen molar-refractivity contribution in [3.05, 3.63) is 52.5 Å². The number of hydrogen-bond donors (Lipinski definition) is 1. The van der Waals surface area contributed by atoms with E-state index < -0.39 is 12.8 Å². The molecular weight excluding hydrogens is 395 g/mol. The highest BCUT2D eigenvalue weighted by molar-refractivity contribution is 7.08. The Morgan fingerprint density at radius 2 is 2.11 bits per heavy atom. The van der Waals surface area contributed by atoms with Crippen molar-refractivity contribution in [2.75, 3.05) is 6.61 Å². The molecule has 0 fully saturated rings. The van der Waals surface area contributed by atoms with Crippen molar-refractivity contribution in [2.45, 2.75) is 25.6 Å². The minimum atomic E-state index is -4.40. The van der Waals surface area contributed by atoms with Crippen LogP contribution in [0.4, 0.5) is 13.2 Å². The van der Waals surface area contributed by atoms with Crippen LogP contribution >= 0.6 is 11.3 Å². The van der Waals surface area contributed by atoms with Crippen molar-refractivity contribution in [3.63, 3.8) is 0 Å². The van der Waals surface area contributed by atoms with Crippen molar-refractivity contribution >= 4 is 17.2 Å². The Morgan fingerprint density at radius 3 is 2.86 bits per heavy atom. The van der Waals surface area contributed by atoms with Crippen molar-refractivity contribution in [2.24, 2.45) is 0 Å². The van der Waals surface area contributed by atoms with Crippen molar-refractivity contribution in [3.8, 4) is 17.2 Å². The zero-order valence-corrected chi connectivity index (χ0v) is 15.3. The monoisotopic (exact) mass is 411 g/mol. The van der Waals surface area contributed by atoms with Gasteiger partial charge in [-0.2, -0.15) is 24.5 Å². The van der Waals surface area contributed by atoms with Crippen LogP contribution in [0.25, 0.3) is 11.5 Å².